The summed E-state index contributed by atoms with van der Waals surface area (Å²) in [6.07, 6.45) is 1.01. The van der Waals surface area contributed by atoms with Crippen LogP contribution in [0.3, 0.4) is 0 Å². The molecule has 4 rings (SSSR count). The highest BCUT2D eigenvalue weighted by Gasteiger charge is 2.29. The van der Waals surface area contributed by atoms with E-state index in [9.17, 15) is 9.90 Å². The number of furan rings is 1. The predicted octanol–water partition coefficient (Wildman–Crippen LogP) is 2.20. The van der Waals surface area contributed by atoms with E-state index >= 15 is 0 Å². The van der Waals surface area contributed by atoms with Crippen molar-refractivity contribution in [3.8, 4) is 5.75 Å². The number of fused-ring (bicyclic) bond motifs is 1. The molecule has 2 N–H and O–H groups in total. The Kier molecular flexibility index (Phi) is 4.79. The average molecular weight is 368 g/mol. The molecule has 1 amide bonds. The number of nitrogens with zero attached hydrogens (tertiary/aromatic N) is 1. The molecule has 1 aliphatic rings. The standard InChI is InChI=1S/C20H20N2O5/c1-12-19(20(24)22-16-10-25-11-17(16)23)15-8-14(5-6-18(15)27-12)26-9-13-4-2-3-7-21-13/h2-8,16-17,23H,9-11H2,1H3,(H,22,24). The van der Waals surface area contributed by atoms with Gasteiger partial charge in [-0.1, -0.05) is 6.07 Å². The maximum Gasteiger partial charge on any atom is 0.255 e. The molecule has 3 aromatic rings. The van der Waals surface area contributed by atoms with Gasteiger partial charge in [0.25, 0.3) is 5.91 Å². The van der Waals surface area contributed by atoms with E-state index in [0.29, 0.717) is 41.3 Å². The molecule has 7 heteroatoms. The van der Waals surface area contributed by atoms with Crippen LogP contribution in [-0.4, -0.2) is 41.4 Å². The molecule has 1 aliphatic heterocycles. The fourth-order valence-electron chi connectivity index (χ4n) is 3.13. The van der Waals surface area contributed by atoms with Crippen molar-refractivity contribution in [1.82, 2.24) is 10.3 Å². The fraction of sp³-hybridized carbons (Fsp3) is 0.300. The van der Waals surface area contributed by atoms with E-state index in [1.54, 1.807) is 31.3 Å². The average Bonchev–Trinajstić information content (AvgIpc) is 3.22. The molecule has 2 unspecified atom stereocenters. The van der Waals surface area contributed by atoms with Gasteiger partial charge in [0.05, 0.1) is 36.6 Å². The van der Waals surface area contributed by atoms with Gasteiger partial charge in [-0.3, -0.25) is 9.78 Å². The van der Waals surface area contributed by atoms with Gasteiger partial charge in [-0.05, 0) is 37.3 Å². The largest absolute Gasteiger partial charge is 0.487 e. The number of hydrogen-bond acceptors (Lipinski definition) is 6. The Morgan fingerprint density at radius 3 is 2.96 bits per heavy atom. The van der Waals surface area contributed by atoms with Crippen molar-refractivity contribution in [1.29, 1.82) is 0 Å². The number of amides is 1. The minimum Gasteiger partial charge on any atom is -0.487 e. The number of carbonyl (C=O) groups is 1. The Hall–Kier alpha value is -2.90. The Morgan fingerprint density at radius 1 is 1.33 bits per heavy atom. The molecule has 2 atom stereocenters. The first-order valence-corrected chi connectivity index (χ1v) is 8.74. The molecular weight excluding hydrogens is 348 g/mol. The van der Waals surface area contributed by atoms with Crippen LogP contribution in [0.15, 0.2) is 47.0 Å². The topological polar surface area (TPSA) is 93.8 Å². The first-order chi connectivity index (χ1) is 13.1. The zero-order chi connectivity index (χ0) is 18.8. The molecule has 1 fully saturated rings. The lowest BCUT2D eigenvalue weighted by Gasteiger charge is -2.14. The molecule has 0 bridgehead atoms. The van der Waals surface area contributed by atoms with Crippen LogP contribution in [0.25, 0.3) is 11.0 Å². The Bertz CT molecular complexity index is 954. The number of rotatable bonds is 5. The molecule has 3 heterocycles. The summed E-state index contributed by atoms with van der Waals surface area (Å²) in [5, 5.41) is 13.3. The highest BCUT2D eigenvalue weighted by molar-refractivity contribution is 6.07. The van der Waals surface area contributed by atoms with E-state index in [4.69, 9.17) is 13.9 Å². The van der Waals surface area contributed by atoms with Gasteiger partial charge in [0.2, 0.25) is 0 Å². The molecule has 2 aromatic heterocycles. The van der Waals surface area contributed by atoms with E-state index in [1.807, 2.05) is 18.2 Å². The van der Waals surface area contributed by atoms with Crippen molar-refractivity contribution in [3.05, 3.63) is 59.6 Å². The van der Waals surface area contributed by atoms with Crippen LogP contribution in [-0.2, 0) is 11.3 Å². The van der Waals surface area contributed by atoms with Gasteiger partial charge < -0.3 is 24.3 Å². The van der Waals surface area contributed by atoms with Crippen LogP contribution >= 0.6 is 0 Å². The molecule has 0 saturated carbocycles. The summed E-state index contributed by atoms with van der Waals surface area (Å²) in [5.41, 5.74) is 1.85. The molecule has 0 aliphatic carbocycles. The first kappa shape index (κ1) is 17.5. The molecule has 1 saturated heterocycles. The monoisotopic (exact) mass is 368 g/mol. The SMILES string of the molecule is Cc1oc2ccc(OCc3ccccn3)cc2c1C(=O)NC1COCC1O. The second-order valence-electron chi connectivity index (χ2n) is 6.49. The number of aliphatic hydroxyl groups is 1. The Labute approximate surface area is 155 Å². The van der Waals surface area contributed by atoms with Crippen molar-refractivity contribution in [2.45, 2.75) is 25.7 Å². The summed E-state index contributed by atoms with van der Waals surface area (Å²) in [7, 11) is 0. The van der Waals surface area contributed by atoms with Crippen molar-refractivity contribution >= 4 is 16.9 Å². The van der Waals surface area contributed by atoms with Crippen LogP contribution in [0, 0.1) is 6.92 Å². The quantitative estimate of drug-likeness (QED) is 0.717. The summed E-state index contributed by atoms with van der Waals surface area (Å²) >= 11 is 0. The van der Waals surface area contributed by atoms with E-state index in [2.05, 4.69) is 10.3 Å². The highest BCUT2D eigenvalue weighted by atomic mass is 16.5. The lowest BCUT2D eigenvalue weighted by Crippen LogP contribution is -2.42. The number of benzene rings is 1. The maximum atomic E-state index is 12.7. The summed E-state index contributed by atoms with van der Waals surface area (Å²) < 4.78 is 16.7. The second-order valence-corrected chi connectivity index (χ2v) is 6.49. The van der Waals surface area contributed by atoms with Crippen LogP contribution < -0.4 is 10.1 Å². The molecule has 27 heavy (non-hydrogen) atoms. The van der Waals surface area contributed by atoms with E-state index in [1.165, 1.54) is 0 Å². The van der Waals surface area contributed by atoms with E-state index in [0.717, 1.165) is 5.69 Å². The number of pyridine rings is 1. The van der Waals surface area contributed by atoms with Crippen LogP contribution in [0.2, 0.25) is 0 Å². The minimum atomic E-state index is -0.704. The molecular formula is C20H20N2O5. The third kappa shape index (κ3) is 3.65. The summed E-state index contributed by atoms with van der Waals surface area (Å²) in [5.74, 6) is 0.827. The third-order valence-electron chi connectivity index (χ3n) is 4.54. The molecule has 7 nitrogen and oxygen atoms in total. The normalized spacial score (nSPS) is 19.3. The lowest BCUT2D eigenvalue weighted by atomic mass is 10.1. The molecule has 140 valence electrons. The van der Waals surface area contributed by atoms with Crippen molar-refractivity contribution in [2.75, 3.05) is 13.2 Å². The van der Waals surface area contributed by atoms with Gasteiger partial charge >= 0.3 is 0 Å². The second kappa shape index (κ2) is 7.38. The Balaban J connectivity index is 1.56. The minimum absolute atomic E-state index is 0.224. The Morgan fingerprint density at radius 2 is 2.22 bits per heavy atom. The van der Waals surface area contributed by atoms with Crippen LogP contribution in [0.4, 0.5) is 0 Å². The van der Waals surface area contributed by atoms with Gasteiger partial charge in [0, 0.05) is 11.6 Å². The molecule has 0 spiro atoms. The molecule has 0 radical (unpaired) electrons. The number of aliphatic hydroxyl groups excluding tert-OH is 1. The maximum absolute atomic E-state index is 12.7. The van der Waals surface area contributed by atoms with Crippen molar-refractivity contribution in [3.63, 3.8) is 0 Å². The van der Waals surface area contributed by atoms with Crippen LogP contribution in [0.1, 0.15) is 21.8 Å². The van der Waals surface area contributed by atoms with Gasteiger partial charge in [-0.2, -0.15) is 0 Å². The van der Waals surface area contributed by atoms with Crippen LogP contribution in [0.5, 0.6) is 5.75 Å². The molecule has 1 aromatic carbocycles. The van der Waals surface area contributed by atoms with Gasteiger partial charge in [0.15, 0.2) is 0 Å². The van der Waals surface area contributed by atoms with Gasteiger partial charge in [-0.15, -0.1) is 0 Å². The smallest absolute Gasteiger partial charge is 0.255 e. The van der Waals surface area contributed by atoms with Gasteiger partial charge in [0.1, 0.15) is 23.7 Å². The number of nitrogens with one attached hydrogen (secondary N) is 1. The number of aromatic nitrogens is 1. The first-order valence-electron chi connectivity index (χ1n) is 8.74. The predicted molar refractivity (Wildman–Crippen MR) is 97.6 cm³/mol. The van der Waals surface area contributed by atoms with Crippen molar-refractivity contribution < 1.29 is 23.8 Å². The van der Waals surface area contributed by atoms with Gasteiger partial charge in [-0.25, -0.2) is 0 Å². The lowest BCUT2D eigenvalue weighted by molar-refractivity contribution is 0.0886. The number of carbonyl (C=O) groups excluding carboxylic acids is 1. The number of hydrogen-bond donors (Lipinski definition) is 2. The summed E-state index contributed by atoms with van der Waals surface area (Å²) in [6, 6.07) is 10.6. The summed E-state index contributed by atoms with van der Waals surface area (Å²) in [4.78, 5) is 17.0. The number of ether oxygens (including phenoxy) is 2. The summed E-state index contributed by atoms with van der Waals surface area (Å²) in [6.45, 7) is 2.59. The van der Waals surface area contributed by atoms with Crippen molar-refractivity contribution in [2.24, 2.45) is 0 Å². The highest BCUT2D eigenvalue weighted by Crippen LogP contribution is 2.29. The third-order valence-corrected chi connectivity index (χ3v) is 4.54. The number of aryl methyl sites for hydroxylation is 1. The zero-order valence-electron chi connectivity index (χ0n) is 14.8. The van der Waals surface area contributed by atoms with E-state index < -0.39 is 12.1 Å². The fourth-order valence-corrected chi connectivity index (χ4v) is 3.13. The van der Waals surface area contributed by atoms with E-state index in [-0.39, 0.29) is 12.5 Å². The zero-order valence-corrected chi connectivity index (χ0v) is 14.8.